The summed E-state index contributed by atoms with van der Waals surface area (Å²) < 4.78 is 11.2. The van der Waals surface area contributed by atoms with Crippen molar-refractivity contribution in [1.82, 2.24) is 10.6 Å². The minimum atomic E-state index is 0.314. The maximum Gasteiger partial charge on any atom is 0.190 e. The molecule has 1 aromatic rings. The summed E-state index contributed by atoms with van der Waals surface area (Å²) in [4.78, 5) is 4.26. The molecule has 0 bridgehead atoms. The van der Waals surface area contributed by atoms with Gasteiger partial charge in [-0.1, -0.05) is 31.2 Å². The van der Waals surface area contributed by atoms with E-state index in [1.807, 2.05) is 0 Å². The van der Waals surface area contributed by atoms with Gasteiger partial charge in [0.1, 0.15) is 0 Å². The molecule has 1 aromatic carbocycles. The van der Waals surface area contributed by atoms with Crippen molar-refractivity contribution < 1.29 is 9.47 Å². The third kappa shape index (κ3) is 7.88. The van der Waals surface area contributed by atoms with Crippen molar-refractivity contribution >= 4 is 5.96 Å². The van der Waals surface area contributed by atoms with E-state index in [2.05, 4.69) is 46.8 Å². The molecule has 25 heavy (non-hydrogen) atoms. The van der Waals surface area contributed by atoms with E-state index in [4.69, 9.17) is 9.47 Å². The van der Waals surface area contributed by atoms with Gasteiger partial charge in [-0.2, -0.15) is 0 Å². The average molecular weight is 348 g/mol. The first-order valence-electron chi connectivity index (χ1n) is 9.53. The van der Waals surface area contributed by atoms with Crippen molar-refractivity contribution in [3.05, 3.63) is 35.4 Å². The molecule has 0 aromatic heterocycles. The molecule has 1 saturated heterocycles. The van der Waals surface area contributed by atoms with Gasteiger partial charge in [0.05, 0.1) is 12.7 Å². The Labute approximate surface area is 152 Å². The van der Waals surface area contributed by atoms with Gasteiger partial charge >= 0.3 is 0 Å². The van der Waals surface area contributed by atoms with Gasteiger partial charge in [0.25, 0.3) is 0 Å². The van der Waals surface area contributed by atoms with Crippen molar-refractivity contribution in [1.29, 1.82) is 0 Å². The lowest BCUT2D eigenvalue weighted by Gasteiger charge is -2.13. The second kappa shape index (κ2) is 11.9. The Hall–Kier alpha value is -1.59. The summed E-state index contributed by atoms with van der Waals surface area (Å²) in [7, 11) is 1.80. The SMILES string of the molecule is CCc1ccc(CCNC(=NC)NCCCOCC2CCCO2)cc1. The lowest BCUT2D eigenvalue weighted by molar-refractivity contribution is 0.0168. The highest BCUT2D eigenvalue weighted by atomic mass is 16.5. The lowest BCUT2D eigenvalue weighted by atomic mass is 10.1. The van der Waals surface area contributed by atoms with Crippen molar-refractivity contribution in [2.45, 2.75) is 45.1 Å². The van der Waals surface area contributed by atoms with E-state index in [0.717, 1.165) is 64.6 Å². The number of benzene rings is 1. The highest BCUT2D eigenvalue weighted by Gasteiger charge is 2.14. The zero-order valence-electron chi connectivity index (χ0n) is 15.7. The Morgan fingerprint density at radius 2 is 1.96 bits per heavy atom. The smallest absolute Gasteiger partial charge is 0.190 e. The van der Waals surface area contributed by atoms with Gasteiger partial charge in [0.2, 0.25) is 0 Å². The Kier molecular flexibility index (Phi) is 9.37. The number of rotatable bonds is 10. The molecule has 0 spiro atoms. The fourth-order valence-corrected chi connectivity index (χ4v) is 2.86. The van der Waals surface area contributed by atoms with Crippen LogP contribution in [0.5, 0.6) is 0 Å². The quantitative estimate of drug-likeness (QED) is 0.388. The van der Waals surface area contributed by atoms with E-state index in [9.17, 15) is 0 Å². The fraction of sp³-hybridized carbons (Fsp3) is 0.650. The van der Waals surface area contributed by atoms with Crippen LogP contribution in [0.1, 0.15) is 37.3 Å². The van der Waals surface area contributed by atoms with Gasteiger partial charge in [-0.3, -0.25) is 4.99 Å². The van der Waals surface area contributed by atoms with Crippen molar-refractivity contribution in [3.63, 3.8) is 0 Å². The molecule has 2 N–H and O–H groups in total. The number of guanidine groups is 1. The van der Waals surface area contributed by atoms with Crippen LogP contribution >= 0.6 is 0 Å². The maximum atomic E-state index is 5.67. The third-order valence-electron chi connectivity index (χ3n) is 4.45. The molecule has 1 unspecified atom stereocenters. The predicted molar refractivity (Wildman–Crippen MR) is 103 cm³/mol. The summed E-state index contributed by atoms with van der Waals surface area (Å²) in [6.07, 6.45) is 5.66. The van der Waals surface area contributed by atoms with E-state index in [1.54, 1.807) is 7.05 Å². The molecule has 1 fully saturated rings. The Morgan fingerprint density at radius 1 is 1.20 bits per heavy atom. The highest BCUT2D eigenvalue weighted by molar-refractivity contribution is 5.79. The third-order valence-corrected chi connectivity index (χ3v) is 4.45. The molecule has 5 heteroatoms. The number of hydrogen-bond acceptors (Lipinski definition) is 3. The molecule has 1 aliphatic rings. The largest absolute Gasteiger partial charge is 0.379 e. The Bertz CT molecular complexity index is 496. The van der Waals surface area contributed by atoms with E-state index >= 15 is 0 Å². The number of nitrogens with zero attached hydrogens (tertiary/aromatic N) is 1. The van der Waals surface area contributed by atoms with Gasteiger partial charge < -0.3 is 20.1 Å². The monoisotopic (exact) mass is 347 g/mol. The predicted octanol–water partition coefficient (Wildman–Crippen LogP) is 2.54. The number of nitrogens with one attached hydrogen (secondary N) is 2. The molecule has 1 heterocycles. The first kappa shape index (κ1) is 19.7. The van der Waals surface area contributed by atoms with Crippen LogP contribution in [0.15, 0.2) is 29.3 Å². The first-order valence-corrected chi connectivity index (χ1v) is 9.53. The van der Waals surface area contributed by atoms with E-state index in [1.165, 1.54) is 17.5 Å². The van der Waals surface area contributed by atoms with Gasteiger partial charge in [-0.05, 0) is 43.2 Å². The number of ether oxygens (including phenoxy) is 2. The molecule has 0 amide bonds. The van der Waals surface area contributed by atoms with Crippen LogP contribution < -0.4 is 10.6 Å². The molecule has 5 nitrogen and oxygen atoms in total. The zero-order valence-corrected chi connectivity index (χ0v) is 15.7. The molecule has 0 saturated carbocycles. The number of aryl methyl sites for hydroxylation is 1. The van der Waals surface area contributed by atoms with E-state index in [0.29, 0.717) is 6.10 Å². The maximum absolute atomic E-state index is 5.67. The minimum Gasteiger partial charge on any atom is -0.379 e. The van der Waals surface area contributed by atoms with Crippen LogP contribution in [0.3, 0.4) is 0 Å². The van der Waals surface area contributed by atoms with Crippen molar-refractivity contribution in [2.24, 2.45) is 4.99 Å². The van der Waals surface area contributed by atoms with E-state index < -0.39 is 0 Å². The van der Waals surface area contributed by atoms with Gasteiger partial charge in [-0.15, -0.1) is 0 Å². The van der Waals surface area contributed by atoms with Crippen molar-refractivity contribution in [2.75, 3.05) is 40.0 Å². The second-order valence-electron chi connectivity index (χ2n) is 6.41. The number of hydrogen-bond donors (Lipinski definition) is 2. The minimum absolute atomic E-state index is 0.314. The Morgan fingerprint density at radius 3 is 2.64 bits per heavy atom. The van der Waals surface area contributed by atoms with Gasteiger partial charge in [0.15, 0.2) is 5.96 Å². The molecule has 1 aliphatic heterocycles. The lowest BCUT2D eigenvalue weighted by Crippen LogP contribution is -2.39. The second-order valence-corrected chi connectivity index (χ2v) is 6.41. The van der Waals surface area contributed by atoms with Gasteiger partial charge in [0, 0.05) is 33.4 Å². The Balaban J connectivity index is 1.51. The molecular formula is C20H33N3O2. The topological polar surface area (TPSA) is 54.9 Å². The molecule has 0 aliphatic carbocycles. The summed E-state index contributed by atoms with van der Waals surface area (Å²) in [5, 5.41) is 6.69. The first-order chi connectivity index (χ1) is 12.3. The zero-order chi connectivity index (χ0) is 17.7. The van der Waals surface area contributed by atoms with Crippen LogP contribution in [0.25, 0.3) is 0 Å². The molecule has 1 atom stereocenters. The van der Waals surface area contributed by atoms with Crippen LogP contribution in [0.4, 0.5) is 0 Å². The molecular weight excluding hydrogens is 314 g/mol. The summed E-state index contributed by atoms with van der Waals surface area (Å²) >= 11 is 0. The normalized spacial score (nSPS) is 17.7. The summed E-state index contributed by atoms with van der Waals surface area (Å²) in [6.45, 7) is 6.29. The summed E-state index contributed by atoms with van der Waals surface area (Å²) in [5.41, 5.74) is 2.73. The van der Waals surface area contributed by atoms with Crippen molar-refractivity contribution in [3.8, 4) is 0 Å². The van der Waals surface area contributed by atoms with Crippen LogP contribution in [0, 0.1) is 0 Å². The fourth-order valence-electron chi connectivity index (χ4n) is 2.86. The number of aliphatic imine (C=N–C) groups is 1. The van der Waals surface area contributed by atoms with Crippen LogP contribution in [0.2, 0.25) is 0 Å². The van der Waals surface area contributed by atoms with Crippen LogP contribution in [-0.4, -0.2) is 52.0 Å². The van der Waals surface area contributed by atoms with Gasteiger partial charge in [-0.25, -0.2) is 0 Å². The van der Waals surface area contributed by atoms with E-state index in [-0.39, 0.29) is 0 Å². The summed E-state index contributed by atoms with van der Waals surface area (Å²) in [6, 6.07) is 8.84. The average Bonchev–Trinajstić information content (AvgIpc) is 3.17. The standard InChI is InChI=1S/C20H33N3O2/c1-3-17-7-9-18(10-8-17)11-13-23-20(21-2)22-12-5-14-24-16-19-6-4-15-25-19/h7-10,19H,3-6,11-16H2,1-2H3,(H2,21,22,23). The summed E-state index contributed by atoms with van der Waals surface area (Å²) in [5.74, 6) is 0.851. The molecule has 0 radical (unpaired) electrons. The molecule has 2 rings (SSSR count). The molecule has 140 valence electrons. The highest BCUT2D eigenvalue weighted by Crippen LogP contribution is 2.11. The van der Waals surface area contributed by atoms with Crippen LogP contribution in [-0.2, 0) is 22.3 Å².